The molecule has 0 radical (unpaired) electrons. The third-order valence-electron chi connectivity index (χ3n) is 10.3. The number of hydrogen-bond donors (Lipinski definition) is 1. The van der Waals surface area contributed by atoms with E-state index >= 15 is 0 Å². The first-order valence-electron chi connectivity index (χ1n) is 14.9. The number of nitrogens with zero attached hydrogens (tertiary/aromatic N) is 2. The molecule has 1 N–H and O–H groups in total. The van der Waals surface area contributed by atoms with Gasteiger partial charge in [-0.3, -0.25) is 9.79 Å². The van der Waals surface area contributed by atoms with Crippen molar-refractivity contribution in [3.8, 4) is 0 Å². The summed E-state index contributed by atoms with van der Waals surface area (Å²) in [5.41, 5.74) is -2.42. The number of aliphatic imine (C=N–C) groups is 1. The lowest BCUT2D eigenvalue weighted by molar-refractivity contribution is -0.151. The molecule has 1 atom stereocenters. The molecule has 0 saturated heterocycles. The van der Waals surface area contributed by atoms with Crippen LogP contribution in [0.25, 0.3) is 0 Å². The molecule has 1 unspecified atom stereocenters. The van der Waals surface area contributed by atoms with Crippen LogP contribution in [0.3, 0.4) is 0 Å². The van der Waals surface area contributed by atoms with E-state index in [0.717, 1.165) is 43.5 Å². The number of methoxy groups -OCH3 is 1. The third kappa shape index (κ3) is 5.16. The molecule has 5 aliphatic rings. The molecule has 1 heterocycles. The van der Waals surface area contributed by atoms with E-state index < -0.39 is 50.1 Å². The number of halogens is 4. The number of alkyl halides is 3. The minimum absolute atomic E-state index is 0.0463. The van der Waals surface area contributed by atoms with Crippen LogP contribution >= 0.6 is 0 Å². The quantitative estimate of drug-likeness (QED) is 0.305. The monoisotopic (exact) mass is 635 g/mol. The van der Waals surface area contributed by atoms with Crippen molar-refractivity contribution in [2.24, 2.45) is 10.4 Å². The second kappa shape index (κ2) is 10.3. The number of nitrogens with one attached hydrogen (secondary N) is 1. The Morgan fingerprint density at radius 1 is 1.05 bits per heavy atom. The van der Waals surface area contributed by atoms with Crippen molar-refractivity contribution < 1.29 is 35.5 Å². The van der Waals surface area contributed by atoms with Gasteiger partial charge in [0, 0.05) is 31.0 Å². The normalized spacial score (nSPS) is 28.4. The summed E-state index contributed by atoms with van der Waals surface area (Å²) >= 11 is 0. The Morgan fingerprint density at radius 2 is 1.66 bits per heavy atom. The van der Waals surface area contributed by atoms with Gasteiger partial charge in [0.2, 0.25) is 10.0 Å². The Balaban J connectivity index is 1.22. The average Bonchev–Trinajstić information content (AvgIpc) is 3.21. The smallest absolute Gasteiger partial charge is 0.378 e. The number of benzene rings is 2. The van der Waals surface area contributed by atoms with Gasteiger partial charge >= 0.3 is 6.18 Å². The molecule has 238 valence electrons. The standard InChI is InChI=1S/C32H37F4N3O4S/c1-28(2)26(25(40)13-16-31(43-3)14-4-15-31)37-27(38-28)29-18-30(19-29,20-29)39(44(41,42)24-11-9-23(33)10-12-24)17-21-5-7-22(8-6-21)32(34,35)36/h5-12,26H,4,13-20H2,1-3H3,(H,37,38). The second-order valence-corrected chi connectivity index (χ2v) is 15.5. The molecule has 2 aromatic carbocycles. The van der Waals surface area contributed by atoms with E-state index in [1.54, 1.807) is 7.11 Å². The summed E-state index contributed by atoms with van der Waals surface area (Å²) in [7, 11) is -2.44. The van der Waals surface area contributed by atoms with Crippen LogP contribution in [0.5, 0.6) is 0 Å². The summed E-state index contributed by atoms with van der Waals surface area (Å²) in [4.78, 5) is 18.1. The van der Waals surface area contributed by atoms with Crippen LogP contribution in [0.4, 0.5) is 17.6 Å². The van der Waals surface area contributed by atoms with Gasteiger partial charge in [-0.1, -0.05) is 12.1 Å². The maximum Gasteiger partial charge on any atom is 0.416 e. The number of amidine groups is 1. The molecule has 12 heteroatoms. The number of Topliss-reactive ketones (excluding diaryl/α,β-unsaturated/α-hetero) is 1. The highest BCUT2D eigenvalue weighted by Gasteiger charge is 2.75. The van der Waals surface area contributed by atoms with E-state index in [-0.39, 0.29) is 22.8 Å². The van der Waals surface area contributed by atoms with Crippen LogP contribution < -0.4 is 5.32 Å². The molecule has 4 fully saturated rings. The summed E-state index contributed by atoms with van der Waals surface area (Å²) < 4.78 is 88.0. The fraction of sp³-hybridized carbons (Fsp3) is 0.562. The zero-order valence-electron chi connectivity index (χ0n) is 25.0. The summed E-state index contributed by atoms with van der Waals surface area (Å²) in [5.74, 6) is 0.177. The van der Waals surface area contributed by atoms with Crippen molar-refractivity contribution in [3.05, 3.63) is 65.5 Å². The molecule has 2 bridgehead atoms. The van der Waals surface area contributed by atoms with Gasteiger partial charge in [-0.05, 0) is 101 Å². The van der Waals surface area contributed by atoms with Crippen molar-refractivity contribution in [1.29, 1.82) is 0 Å². The Labute approximate surface area is 255 Å². The molecule has 4 saturated carbocycles. The number of ketones is 1. The summed E-state index contributed by atoms with van der Waals surface area (Å²) in [6, 6.07) is 8.43. The molecule has 7 nitrogen and oxygen atoms in total. The van der Waals surface area contributed by atoms with Crippen LogP contribution in [0.2, 0.25) is 0 Å². The van der Waals surface area contributed by atoms with Gasteiger partial charge < -0.3 is 10.1 Å². The highest BCUT2D eigenvalue weighted by Crippen LogP contribution is 2.71. The Morgan fingerprint density at radius 3 is 2.18 bits per heavy atom. The number of carbonyl (C=O) groups excluding carboxylic acids is 1. The van der Waals surface area contributed by atoms with Crippen molar-refractivity contribution >= 4 is 21.6 Å². The molecular formula is C32H37F4N3O4S. The number of sulfonamides is 1. The van der Waals surface area contributed by atoms with E-state index in [4.69, 9.17) is 9.73 Å². The van der Waals surface area contributed by atoms with Crippen molar-refractivity contribution in [2.75, 3.05) is 7.11 Å². The van der Waals surface area contributed by atoms with Crippen molar-refractivity contribution in [2.45, 2.75) is 106 Å². The molecule has 4 aliphatic carbocycles. The molecule has 1 aliphatic heterocycles. The fourth-order valence-corrected chi connectivity index (χ4v) is 9.27. The summed E-state index contributed by atoms with van der Waals surface area (Å²) in [5, 5.41) is 3.47. The van der Waals surface area contributed by atoms with Crippen LogP contribution in [-0.4, -0.2) is 54.2 Å². The predicted molar refractivity (Wildman–Crippen MR) is 156 cm³/mol. The predicted octanol–water partition coefficient (Wildman–Crippen LogP) is 6.03. The average molecular weight is 636 g/mol. The minimum atomic E-state index is -4.51. The van der Waals surface area contributed by atoms with Crippen LogP contribution in [0.1, 0.15) is 76.3 Å². The lowest BCUT2D eigenvalue weighted by Gasteiger charge is -2.73. The van der Waals surface area contributed by atoms with Gasteiger partial charge in [-0.25, -0.2) is 12.8 Å². The number of hydrogen-bond acceptors (Lipinski definition) is 6. The highest BCUT2D eigenvalue weighted by molar-refractivity contribution is 7.89. The SMILES string of the molecule is COC1(CCC(=O)C2N=C(C34CC(N(Cc5ccc(C(F)(F)F)cc5)S(=O)(=O)c5ccc(F)cc5)(C3)C4)NC2(C)C)CCC1. The zero-order chi connectivity index (χ0) is 31.8. The molecule has 44 heavy (non-hydrogen) atoms. The summed E-state index contributed by atoms with van der Waals surface area (Å²) in [6.07, 6.45) is 0.881. The second-order valence-electron chi connectivity index (χ2n) is 13.6. The fourth-order valence-electron chi connectivity index (χ4n) is 7.51. The van der Waals surface area contributed by atoms with Gasteiger partial charge in [-0.15, -0.1) is 0 Å². The van der Waals surface area contributed by atoms with E-state index in [1.807, 2.05) is 13.8 Å². The van der Waals surface area contributed by atoms with E-state index in [1.165, 1.54) is 28.6 Å². The Hall–Kier alpha value is -2.83. The molecule has 2 aromatic rings. The summed E-state index contributed by atoms with van der Waals surface area (Å²) in [6.45, 7) is 3.75. The number of ether oxygens (including phenoxy) is 1. The van der Waals surface area contributed by atoms with Crippen LogP contribution in [-0.2, 0) is 32.3 Å². The lowest BCUT2D eigenvalue weighted by atomic mass is 9.38. The highest BCUT2D eigenvalue weighted by atomic mass is 32.2. The lowest BCUT2D eigenvalue weighted by Crippen LogP contribution is -2.78. The van der Waals surface area contributed by atoms with Crippen molar-refractivity contribution in [1.82, 2.24) is 9.62 Å². The van der Waals surface area contributed by atoms with E-state index in [0.29, 0.717) is 43.5 Å². The van der Waals surface area contributed by atoms with Gasteiger partial charge in [-0.2, -0.15) is 17.5 Å². The number of carbonyl (C=O) groups is 1. The maximum absolute atomic E-state index is 13.9. The van der Waals surface area contributed by atoms with Gasteiger partial charge in [0.05, 0.1) is 21.6 Å². The molecular weight excluding hydrogens is 598 g/mol. The van der Waals surface area contributed by atoms with Crippen molar-refractivity contribution in [3.63, 3.8) is 0 Å². The first-order valence-corrected chi connectivity index (χ1v) is 16.4. The first kappa shape index (κ1) is 31.2. The Bertz CT molecular complexity index is 1560. The van der Waals surface area contributed by atoms with Gasteiger partial charge in [0.25, 0.3) is 0 Å². The zero-order valence-corrected chi connectivity index (χ0v) is 25.8. The third-order valence-corrected chi connectivity index (χ3v) is 12.2. The topological polar surface area (TPSA) is 88.1 Å². The molecule has 0 aromatic heterocycles. The van der Waals surface area contributed by atoms with Gasteiger partial charge in [0.15, 0.2) is 5.78 Å². The largest absolute Gasteiger partial charge is 0.416 e. The molecule has 0 amide bonds. The number of rotatable bonds is 11. The maximum atomic E-state index is 13.9. The van der Waals surface area contributed by atoms with Crippen LogP contribution in [0, 0.1) is 11.2 Å². The van der Waals surface area contributed by atoms with Crippen LogP contribution in [0.15, 0.2) is 58.4 Å². The Kier molecular flexibility index (Phi) is 7.33. The van der Waals surface area contributed by atoms with E-state index in [2.05, 4.69) is 5.32 Å². The molecule has 0 spiro atoms. The van der Waals surface area contributed by atoms with E-state index in [9.17, 15) is 30.8 Å². The molecule has 7 rings (SSSR count). The van der Waals surface area contributed by atoms with Gasteiger partial charge in [0.1, 0.15) is 17.7 Å². The first-order chi connectivity index (χ1) is 20.5. The minimum Gasteiger partial charge on any atom is -0.378 e.